The van der Waals surface area contributed by atoms with E-state index in [1.807, 2.05) is 0 Å². The quantitative estimate of drug-likeness (QED) is 0.359. The van der Waals surface area contributed by atoms with Crippen molar-refractivity contribution in [1.82, 2.24) is 0 Å². The zero-order valence-corrected chi connectivity index (χ0v) is 6.86. The normalized spacial score (nSPS) is 6.73. The molecule has 0 aliphatic rings. The Balaban J connectivity index is -0.000000114. The third-order valence-electron chi connectivity index (χ3n) is 0.296. The first kappa shape index (κ1) is 16.9. The van der Waals surface area contributed by atoms with Gasteiger partial charge in [-0.3, -0.25) is 0 Å². The number of hydrogen-bond donors (Lipinski definition) is 2. The van der Waals surface area contributed by atoms with E-state index in [9.17, 15) is 0 Å². The first-order chi connectivity index (χ1) is 4.56. The zero-order valence-electron chi connectivity index (χ0n) is 5.37. The number of aliphatic hydroxyl groups is 1. The second kappa shape index (κ2) is 12.3. The van der Waals surface area contributed by atoms with E-state index in [1.54, 1.807) is 0 Å². The van der Waals surface area contributed by atoms with Gasteiger partial charge in [-0.15, -0.1) is 0 Å². The van der Waals surface area contributed by atoms with Crippen molar-refractivity contribution in [2.45, 2.75) is 0 Å². The number of carboxylic acid groups (broad SMARTS) is 2. The van der Waals surface area contributed by atoms with E-state index in [2.05, 4.69) is 0 Å². The van der Waals surface area contributed by atoms with Crippen LogP contribution in [0.3, 0.4) is 0 Å². The number of aliphatic carboxylic acids is 2. The van der Waals surface area contributed by atoms with Crippen LogP contribution in [0.25, 0.3) is 0 Å². The maximum Gasteiger partial charge on any atom is 2.00 e. The molecule has 0 saturated heterocycles. The Bertz CT molecular complexity index is 103. The maximum absolute atomic E-state index is 8.93. The van der Waals surface area contributed by atoms with Crippen LogP contribution in [0.15, 0.2) is 0 Å². The van der Waals surface area contributed by atoms with Crippen LogP contribution < -0.4 is 15.9 Å². The molecule has 6 nitrogen and oxygen atoms in total. The minimum atomic E-state index is -2.19. The molecule has 7 heteroatoms. The molecule has 0 aromatic rings. The van der Waals surface area contributed by atoms with E-state index in [0.29, 0.717) is 6.54 Å². The molecule has 0 bridgehead atoms. The fourth-order valence-electron chi connectivity index (χ4n) is 0. The van der Waals surface area contributed by atoms with Crippen LogP contribution in [-0.2, 0) is 32.0 Å². The Morgan fingerprint density at radius 3 is 1.45 bits per heavy atom. The van der Waals surface area contributed by atoms with Crippen molar-refractivity contribution in [3.05, 3.63) is 0 Å². The Labute approximate surface area is 78.5 Å². The molecule has 0 saturated carbocycles. The largest absolute Gasteiger partial charge is 2.00 e. The van der Waals surface area contributed by atoms with Crippen molar-refractivity contribution in [3.8, 4) is 0 Å². The summed E-state index contributed by atoms with van der Waals surface area (Å²) in [7, 11) is 0. The third kappa shape index (κ3) is 26.2. The molecular weight excluding hydrogens is 250 g/mol. The average molecular weight is 257 g/mol. The second-order valence-corrected chi connectivity index (χ2v) is 1.09. The second-order valence-electron chi connectivity index (χ2n) is 1.09. The molecule has 3 N–H and O–H groups in total. The summed E-state index contributed by atoms with van der Waals surface area (Å²) in [6.07, 6.45) is 0. The van der Waals surface area contributed by atoms with Crippen LogP contribution in [-0.4, -0.2) is 30.2 Å². The van der Waals surface area contributed by atoms with E-state index in [0.717, 1.165) is 0 Å². The van der Waals surface area contributed by atoms with Gasteiger partial charge in [-0.05, 0) is 0 Å². The molecular formula is C4H7AgNO5. The van der Waals surface area contributed by atoms with Crippen molar-refractivity contribution in [2.75, 3.05) is 13.2 Å². The summed E-state index contributed by atoms with van der Waals surface area (Å²) in [6.45, 7) is 0.472. The Hall–Kier alpha value is -0.400. The number of nitrogens with two attached hydrogens (primary N) is 1. The Kier molecular flexibility index (Phi) is 18.9. The van der Waals surface area contributed by atoms with Crippen LogP contribution in [0.5, 0.6) is 0 Å². The van der Waals surface area contributed by atoms with Gasteiger partial charge in [0.2, 0.25) is 0 Å². The summed E-state index contributed by atoms with van der Waals surface area (Å²) in [5, 5.41) is 25.6. The predicted molar refractivity (Wildman–Crippen MR) is 26.2 cm³/mol. The fourth-order valence-corrected chi connectivity index (χ4v) is 0. The minimum absolute atomic E-state index is 0. The maximum atomic E-state index is 8.93. The van der Waals surface area contributed by atoms with Crippen molar-refractivity contribution in [1.29, 1.82) is 0 Å². The summed E-state index contributed by atoms with van der Waals surface area (Å²) in [5.74, 6) is -4.37. The molecule has 0 aliphatic carbocycles. The number of aliphatic hydroxyl groups excluding tert-OH is 1. The van der Waals surface area contributed by atoms with Crippen LogP contribution in [0.1, 0.15) is 0 Å². The molecule has 0 heterocycles. The van der Waals surface area contributed by atoms with E-state index in [-0.39, 0.29) is 29.0 Å². The summed E-state index contributed by atoms with van der Waals surface area (Å²) >= 11 is 0. The predicted octanol–water partition coefficient (Wildman–Crippen LogP) is -4.58. The van der Waals surface area contributed by atoms with Gasteiger partial charge in [0.05, 0.1) is 18.5 Å². The molecule has 0 fully saturated rings. The topological polar surface area (TPSA) is 127 Å². The van der Waals surface area contributed by atoms with Crippen molar-refractivity contribution in [3.63, 3.8) is 0 Å². The third-order valence-corrected chi connectivity index (χ3v) is 0.296. The number of hydrogen-bond acceptors (Lipinski definition) is 6. The monoisotopic (exact) mass is 256 g/mol. The average Bonchev–Trinajstić information content (AvgIpc) is 1.89. The summed E-state index contributed by atoms with van der Waals surface area (Å²) < 4.78 is 0. The number of carboxylic acids is 2. The van der Waals surface area contributed by atoms with Gasteiger partial charge >= 0.3 is 22.4 Å². The summed E-state index contributed by atoms with van der Waals surface area (Å²) in [5.41, 5.74) is 4.78. The van der Waals surface area contributed by atoms with Gasteiger partial charge < -0.3 is 30.6 Å². The Morgan fingerprint density at radius 2 is 1.45 bits per heavy atom. The molecule has 1 radical (unpaired) electrons. The van der Waals surface area contributed by atoms with E-state index < -0.39 is 11.9 Å². The van der Waals surface area contributed by atoms with Crippen LogP contribution in [0.2, 0.25) is 0 Å². The summed E-state index contributed by atoms with van der Waals surface area (Å²) in [6, 6.07) is 0. The summed E-state index contributed by atoms with van der Waals surface area (Å²) in [4.78, 5) is 17.9. The van der Waals surface area contributed by atoms with E-state index in [1.165, 1.54) is 0 Å². The van der Waals surface area contributed by atoms with Crippen LogP contribution >= 0.6 is 0 Å². The van der Waals surface area contributed by atoms with Gasteiger partial charge in [0.15, 0.2) is 0 Å². The molecule has 0 unspecified atom stereocenters. The molecule has 0 rings (SSSR count). The van der Waals surface area contributed by atoms with Gasteiger partial charge in [0.1, 0.15) is 0 Å². The minimum Gasteiger partial charge on any atom is -0.543 e. The van der Waals surface area contributed by atoms with Gasteiger partial charge in [-0.25, -0.2) is 0 Å². The van der Waals surface area contributed by atoms with Crippen molar-refractivity contribution >= 4 is 11.9 Å². The SMILES string of the molecule is NCCO.O=C([O-])C(=O)[O-].[Ag+2]. The molecule has 69 valence electrons. The van der Waals surface area contributed by atoms with Gasteiger partial charge in [-0.1, -0.05) is 0 Å². The van der Waals surface area contributed by atoms with Gasteiger partial charge in [0, 0.05) is 6.54 Å². The fraction of sp³-hybridized carbons (Fsp3) is 0.500. The number of carbonyl (C=O) groups is 2. The number of carbonyl (C=O) groups excluding carboxylic acids is 2. The molecule has 11 heavy (non-hydrogen) atoms. The first-order valence-electron chi connectivity index (χ1n) is 2.29. The molecule has 0 aliphatic heterocycles. The standard InChI is InChI=1S/C2H7NO.C2H2O4.Ag/c3-1-2-4;3-1(4)2(5)6;/h4H,1-3H2;(H,3,4)(H,5,6);/q;;+2/p-2. The Morgan fingerprint density at radius 1 is 1.27 bits per heavy atom. The molecule has 0 aromatic carbocycles. The van der Waals surface area contributed by atoms with Crippen LogP contribution in [0.4, 0.5) is 0 Å². The van der Waals surface area contributed by atoms with E-state index in [4.69, 9.17) is 30.6 Å². The van der Waals surface area contributed by atoms with Crippen molar-refractivity contribution < 1.29 is 47.3 Å². The smallest absolute Gasteiger partial charge is 0.543 e. The molecule has 0 atom stereocenters. The van der Waals surface area contributed by atoms with E-state index >= 15 is 0 Å². The van der Waals surface area contributed by atoms with Gasteiger partial charge in [0.25, 0.3) is 0 Å². The van der Waals surface area contributed by atoms with Gasteiger partial charge in [-0.2, -0.15) is 0 Å². The molecule has 0 spiro atoms. The number of rotatable bonds is 1. The van der Waals surface area contributed by atoms with Crippen molar-refractivity contribution in [2.24, 2.45) is 5.73 Å². The van der Waals surface area contributed by atoms with Crippen LogP contribution in [0, 0.1) is 0 Å². The molecule has 0 amide bonds. The first-order valence-corrected chi connectivity index (χ1v) is 2.29. The zero-order chi connectivity index (χ0) is 8.57. The molecule has 0 aromatic heterocycles.